The Kier molecular flexibility index (Phi) is 4.73. The van der Waals surface area contributed by atoms with Gasteiger partial charge in [-0.15, -0.1) is 0 Å². The fraction of sp³-hybridized carbons (Fsp3) is 0.316. The zero-order chi connectivity index (χ0) is 14.5. The zero-order valence-electron chi connectivity index (χ0n) is 12.5. The van der Waals surface area contributed by atoms with Crippen molar-refractivity contribution in [2.75, 3.05) is 0 Å². The van der Waals surface area contributed by atoms with E-state index >= 15 is 0 Å². The lowest BCUT2D eigenvalue weighted by atomic mass is 9.95. The molecule has 0 aromatic heterocycles. The molecule has 1 aliphatic carbocycles. The highest BCUT2D eigenvalue weighted by atomic mass is 16.1. The molecule has 2 aromatic rings. The molecule has 0 unspecified atom stereocenters. The molecule has 0 heterocycles. The first-order valence-electron chi connectivity index (χ1n) is 7.36. The summed E-state index contributed by atoms with van der Waals surface area (Å²) in [7, 11) is 0. The van der Waals surface area contributed by atoms with Gasteiger partial charge in [-0.3, -0.25) is 0 Å². The molecule has 2 aromatic carbocycles. The van der Waals surface area contributed by atoms with Crippen LogP contribution in [0.2, 0.25) is 0 Å². The van der Waals surface area contributed by atoms with Crippen LogP contribution in [-0.4, -0.2) is 5.78 Å². The Morgan fingerprint density at radius 2 is 1.30 bits per heavy atom. The Hall–Kier alpha value is -1.89. The third-order valence-electron chi connectivity index (χ3n) is 3.87. The molecule has 0 spiro atoms. The van der Waals surface area contributed by atoms with Gasteiger partial charge in [0.1, 0.15) is 5.78 Å². The van der Waals surface area contributed by atoms with Crippen molar-refractivity contribution in [1.29, 1.82) is 0 Å². The molecule has 1 aliphatic rings. The van der Waals surface area contributed by atoms with Crippen LogP contribution in [0.15, 0.2) is 48.5 Å². The summed E-state index contributed by atoms with van der Waals surface area (Å²) in [5.74, 6) is 0.863. The van der Waals surface area contributed by atoms with Gasteiger partial charge in [0.05, 0.1) is 0 Å². The molecular formula is C19H22O. The number of rotatable bonds is 2. The van der Waals surface area contributed by atoms with Crippen LogP contribution in [0.4, 0.5) is 0 Å². The minimum Gasteiger partial charge on any atom is -0.300 e. The highest BCUT2D eigenvalue weighted by Gasteiger charge is 2.25. The van der Waals surface area contributed by atoms with Crippen molar-refractivity contribution in [2.45, 2.75) is 39.5 Å². The first kappa shape index (κ1) is 14.5. The second-order valence-electron chi connectivity index (χ2n) is 5.19. The number of fused-ring (bicyclic) bond motifs is 3. The van der Waals surface area contributed by atoms with E-state index in [2.05, 4.69) is 55.5 Å². The Morgan fingerprint density at radius 1 is 0.900 bits per heavy atom. The summed E-state index contributed by atoms with van der Waals surface area (Å²) >= 11 is 0. The summed E-state index contributed by atoms with van der Waals surface area (Å²) in [6.07, 6.45) is 1.86. The third-order valence-corrected chi connectivity index (χ3v) is 3.87. The van der Waals surface area contributed by atoms with E-state index in [0.29, 0.717) is 12.3 Å². The summed E-state index contributed by atoms with van der Waals surface area (Å²) in [6.45, 7) is 5.70. The van der Waals surface area contributed by atoms with Crippen LogP contribution in [0.25, 0.3) is 11.1 Å². The van der Waals surface area contributed by atoms with E-state index in [0.717, 1.165) is 0 Å². The van der Waals surface area contributed by atoms with Gasteiger partial charge in [-0.2, -0.15) is 0 Å². The molecule has 0 aliphatic heterocycles. The molecule has 3 rings (SSSR count). The lowest BCUT2D eigenvalue weighted by Crippen LogP contribution is -1.93. The lowest BCUT2D eigenvalue weighted by Gasteiger charge is -2.09. The highest BCUT2D eigenvalue weighted by molar-refractivity contribution is 5.78. The Morgan fingerprint density at radius 3 is 1.65 bits per heavy atom. The molecule has 0 fully saturated rings. The molecule has 20 heavy (non-hydrogen) atoms. The molecule has 0 saturated heterocycles. The number of carbonyl (C=O) groups is 1. The number of ketones is 1. The quantitative estimate of drug-likeness (QED) is 0.730. The van der Waals surface area contributed by atoms with E-state index in [1.165, 1.54) is 28.7 Å². The van der Waals surface area contributed by atoms with Crippen molar-refractivity contribution < 1.29 is 4.79 Å². The largest absolute Gasteiger partial charge is 0.300 e. The fourth-order valence-electron chi connectivity index (χ4n) is 2.70. The standard InChI is InChI=1S/C15H14.C4H8O/c1-2-11-12-7-3-5-9-14(12)15-10-6-4-8-13(11)15;1-3-4(2)5/h3-11H,2H2,1H3;3H2,1-2H3. The van der Waals surface area contributed by atoms with Gasteiger partial charge in [0.2, 0.25) is 0 Å². The lowest BCUT2D eigenvalue weighted by molar-refractivity contribution is -0.116. The van der Waals surface area contributed by atoms with Gasteiger partial charge in [0.25, 0.3) is 0 Å². The molecule has 0 bridgehead atoms. The van der Waals surface area contributed by atoms with Crippen LogP contribution < -0.4 is 0 Å². The normalized spacial score (nSPS) is 12.2. The van der Waals surface area contributed by atoms with Gasteiger partial charge >= 0.3 is 0 Å². The van der Waals surface area contributed by atoms with E-state index in [-0.39, 0.29) is 5.78 Å². The average Bonchev–Trinajstić information content (AvgIpc) is 2.81. The predicted octanol–water partition coefficient (Wildman–Crippen LogP) is 5.19. The van der Waals surface area contributed by atoms with E-state index in [4.69, 9.17) is 0 Å². The first-order valence-corrected chi connectivity index (χ1v) is 7.36. The zero-order valence-corrected chi connectivity index (χ0v) is 12.5. The topological polar surface area (TPSA) is 17.1 Å². The van der Waals surface area contributed by atoms with Gasteiger partial charge in [0, 0.05) is 12.3 Å². The van der Waals surface area contributed by atoms with Gasteiger partial charge in [-0.25, -0.2) is 0 Å². The SMILES string of the molecule is CCC(C)=O.CCC1c2ccccc2-c2ccccc21. The molecule has 104 valence electrons. The molecule has 0 amide bonds. The molecule has 0 saturated carbocycles. The number of benzene rings is 2. The summed E-state index contributed by atoms with van der Waals surface area (Å²) in [4.78, 5) is 9.81. The summed E-state index contributed by atoms with van der Waals surface area (Å²) in [5, 5.41) is 0. The number of carbonyl (C=O) groups excluding carboxylic acids is 1. The average molecular weight is 266 g/mol. The molecular weight excluding hydrogens is 244 g/mol. The van der Waals surface area contributed by atoms with Crippen molar-refractivity contribution in [3.8, 4) is 11.1 Å². The van der Waals surface area contributed by atoms with Gasteiger partial charge < -0.3 is 4.79 Å². The van der Waals surface area contributed by atoms with E-state index in [1.807, 2.05) is 6.92 Å². The van der Waals surface area contributed by atoms with Gasteiger partial charge in [-0.05, 0) is 35.6 Å². The van der Waals surface area contributed by atoms with Crippen molar-refractivity contribution >= 4 is 5.78 Å². The van der Waals surface area contributed by atoms with Crippen molar-refractivity contribution in [2.24, 2.45) is 0 Å². The van der Waals surface area contributed by atoms with Crippen LogP contribution in [0.1, 0.15) is 50.7 Å². The van der Waals surface area contributed by atoms with Gasteiger partial charge in [-0.1, -0.05) is 62.4 Å². The summed E-state index contributed by atoms with van der Waals surface area (Å²) in [6, 6.07) is 17.6. The Bertz CT molecular complexity index is 553. The van der Waals surface area contributed by atoms with Crippen LogP contribution in [0, 0.1) is 0 Å². The van der Waals surface area contributed by atoms with Crippen molar-refractivity contribution in [3.63, 3.8) is 0 Å². The number of Topliss-reactive ketones (excluding diaryl/α,β-unsaturated/α-hetero) is 1. The molecule has 1 nitrogen and oxygen atoms in total. The summed E-state index contributed by atoms with van der Waals surface area (Å²) < 4.78 is 0. The highest BCUT2D eigenvalue weighted by Crippen LogP contribution is 2.45. The Balaban J connectivity index is 0.000000257. The van der Waals surface area contributed by atoms with Crippen LogP contribution in [0.5, 0.6) is 0 Å². The molecule has 0 radical (unpaired) electrons. The van der Waals surface area contributed by atoms with Crippen molar-refractivity contribution in [3.05, 3.63) is 59.7 Å². The molecule has 0 N–H and O–H groups in total. The minimum absolute atomic E-state index is 0.255. The van der Waals surface area contributed by atoms with Gasteiger partial charge in [0.15, 0.2) is 0 Å². The number of hydrogen-bond donors (Lipinski definition) is 0. The smallest absolute Gasteiger partial charge is 0.129 e. The van der Waals surface area contributed by atoms with E-state index < -0.39 is 0 Å². The minimum atomic E-state index is 0.255. The van der Waals surface area contributed by atoms with Crippen LogP contribution in [-0.2, 0) is 4.79 Å². The molecule has 0 atom stereocenters. The second-order valence-corrected chi connectivity index (χ2v) is 5.19. The predicted molar refractivity (Wildman–Crippen MR) is 85.0 cm³/mol. The second kappa shape index (κ2) is 6.51. The summed E-state index contributed by atoms with van der Waals surface area (Å²) in [5.41, 5.74) is 5.86. The first-order chi connectivity index (χ1) is 9.69. The van der Waals surface area contributed by atoms with E-state index in [9.17, 15) is 4.79 Å². The monoisotopic (exact) mass is 266 g/mol. The van der Waals surface area contributed by atoms with Crippen LogP contribution in [0.3, 0.4) is 0 Å². The van der Waals surface area contributed by atoms with E-state index in [1.54, 1.807) is 6.92 Å². The maximum atomic E-state index is 9.81. The number of hydrogen-bond acceptors (Lipinski definition) is 1. The maximum Gasteiger partial charge on any atom is 0.129 e. The fourth-order valence-corrected chi connectivity index (χ4v) is 2.70. The van der Waals surface area contributed by atoms with Crippen molar-refractivity contribution in [1.82, 2.24) is 0 Å². The Labute approximate surface area is 121 Å². The maximum absolute atomic E-state index is 9.81. The molecule has 1 heteroatoms. The third kappa shape index (κ3) is 2.82. The van der Waals surface area contributed by atoms with Crippen LogP contribution >= 0.6 is 0 Å².